The zero-order chi connectivity index (χ0) is 19.2. The lowest BCUT2D eigenvalue weighted by Gasteiger charge is -2.33. The van der Waals surface area contributed by atoms with Crippen molar-refractivity contribution in [1.82, 2.24) is 10.2 Å². The number of nitrogens with one attached hydrogen (secondary N) is 2. The van der Waals surface area contributed by atoms with Gasteiger partial charge in [0.15, 0.2) is 0 Å². The van der Waals surface area contributed by atoms with E-state index in [1.807, 2.05) is 67.3 Å². The molecule has 3 rings (SSSR count). The Kier molecular flexibility index (Phi) is 6.12. The number of carbonyl (C=O) groups excluding carboxylic acids is 2. The summed E-state index contributed by atoms with van der Waals surface area (Å²) in [6, 6.07) is 17.3. The van der Waals surface area contributed by atoms with Crippen LogP contribution in [0.4, 0.5) is 10.5 Å². The molecule has 27 heavy (non-hydrogen) atoms. The molecule has 1 aliphatic heterocycles. The van der Waals surface area contributed by atoms with E-state index in [2.05, 4.69) is 16.7 Å². The van der Waals surface area contributed by atoms with Crippen LogP contribution in [0, 0.1) is 0 Å². The largest absolute Gasteiger partial charge is 0.350 e. The standard InChI is InChI=1S/C22H27N3O2/c1-16(2)23-21(26)18-9-6-8-17(14-18)19-10-7-13-25(15-19)22(27)24-20-11-4-3-5-12-20/h3-6,8-9,11-12,14,16,19H,7,10,13,15H2,1-2H3,(H,23,26)(H,24,27)/t19-/m1/s1. The summed E-state index contributed by atoms with van der Waals surface area (Å²) in [6.07, 6.45) is 1.97. The SMILES string of the molecule is CC(C)NC(=O)c1cccc([C@@H]2CCCN(C(=O)Nc3ccccc3)C2)c1. The lowest BCUT2D eigenvalue weighted by Crippen LogP contribution is -2.41. The average molecular weight is 365 g/mol. The van der Waals surface area contributed by atoms with Gasteiger partial charge in [-0.3, -0.25) is 4.79 Å². The fraction of sp³-hybridized carbons (Fsp3) is 0.364. The molecule has 0 saturated carbocycles. The van der Waals surface area contributed by atoms with E-state index in [0.29, 0.717) is 12.1 Å². The normalized spacial score (nSPS) is 16.9. The number of benzene rings is 2. The quantitative estimate of drug-likeness (QED) is 0.851. The number of likely N-dealkylation sites (tertiary alicyclic amines) is 1. The van der Waals surface area contributed by atoms with Crippen LogP contribution in [-0.2, 0) is 0 Å². The molecule has 0 aromatic heterocycles. The Morgan fingerprint density at radius 2 is 1.85 bits per heavy atom. The van der Waals surface area contributed by atoms with Crippen LogP contribution >= 0.6 is 0 Å². The number of para-hydroxylation sites is 1. The molecule has 1 saturated heterocycles. The molecular weight excluding hydrogens is 338 g/mol. The number of hydrogen-bond donors (Lipinski definition) is 2. The Bertz CT molecular complexity index is 789. The van der Waals surface area contributed by atoms with Crippen LogP contribution in [0.25, 0.3) is 0 Å². The van der Waals surface area contributed by atoms with Gasteiger partial charge in [0.2, 0.25) is 0 Å². The Morgan fingerprint density at radius 3 is 2.59 bits per heavy atom. The van der Waals surface area contributed by atoms with Crippen molar-refractivity contribution in [2.75, 3.05) is 18.4 Å². The highest BCUT2D eigenvalue weighted by molar-refractivity contribution is 5.94. The number of carbonyl (C=O) groups is 2. The molecule has 1 atom stereocenters. The van der Waals surface area contributed by atoms with E-state index >= 15 is 0 Å². The van der Waals surface area contributed by atoms with Gasteiger partial charge in [-0.05, 0) is 56.5 Å². The molecule has 0 radical (unpaired) electrons. The average Bonchev–Trinajstić information content (AvgIpc) is 2.68. The number of anilines is 1. The van der Waals surface area contributed by atoms with Gasteiger partial charge in [0.1, 0.15) is 0 Å². The second-order valence-electron chi connectivity index (χ2n) is 7.33. The molecule has 5 heteroatoms. The molecule has 0 spiro atoms. The van der Waals surface area contributed by atoms with Crippen LogP contribution in [-0.4, -0.2) is 36.0 Å². The lowest BCUT2D eigenvalue weighted by molar-refractivity contribution is 0.0943. The predicted molar refractivity (Wildman–Crippen MR) is 108 cm³/mol. The zero-order valence-corrected chi connectivity index (χ0v) is 15.9. The van der Waals surface area contributed by atoms with Crippen LogP contribution in [0.15, 0.2) is 54.6 Å². The highest BCUT2D eigenvalue weighted by Crippen LogP contribution is 2.28. The molecule has 1 heterocycles. The minimum absolute atomic E-state index is 0.0543. The van der Waals surface area contributed by atoms with Gasteiger partial charge in [0.25, 0.3) is 5.91 Å². The Morgan fingerprint density at radius 1 is 1.07 bits per heavy atom. The summed E-state index contributed by atoms with van der Waals surface area (Å²) in [5.74, 6) is 0.188. The third kappa shape index (κ3) is 5.09. The monoisotopic (exact) mass is 365 g/mol. The molecule has 2 aromatic carbocycles. The fourth-order valence-corrected chi connectivity index (χ4v) is 3.44. The van der Waals surface area contributed by atoms with Crippen molar-refractivity contribution in [1.29, 1.82) is 0 Å². The first-order chi connectivity index (χ1) is 13.0. The molecule has 2 aromatic rings. The van der Waals surface area contributed by atoms with E-state index < -0.39 is 0 Å². The van der Waals surface area contributed by atoms with E-state index in [1.165, 1.54) is 0 Å². The van der Waals surface area contributed by atoms with E-state index in [0.717, 1.165) is 30.6 Å². The molecule has 3 amide bonds. The summed E-state index contributed by atoms with van der Waals surface area (Å²) in [7, 11) is 0. The van der Waals surface area contributed by atoms with Gasteiger partial charge in [-0.15, -0.1) is 0 Å². The zero-order valence-electron chi connectivity index (χ0n) is 15.9. The minimum Gasteiger partial charge on any atom is -0.350 e. The van der Waals surface area contributed by atoms with Crippen LogP contribution in [0.3, 0.4) is 0 Å². The van der Waals surface area contributed by atoms with Gasteiger partial charge < -0.3 is 15.5 Å². The van der Waals surface area contributed by atoms with Crippen molar-refractivity contribution in [3.05, 3.63) is 65.7 Å². The summed E-state index contributed by atoms with van der Waals surface area (Å²) < 4.78 is 0. The lowest BCUT2D eigenvalue weighted by atomic mass is 9.89. The molecular formula is C22H27N3O2. The number of rotatable bonds is 4. The van der Waals surface area contributed by atoms with Crippen molar-refractivity contribution >= 4 is 17.6 Å². The maximum Gasteiger partial charge on any atom is 0.321 e. The van der Waals surface area contributed by atoms with Crippen molar-refractivity contribution in [2.24, 2.45) is 0 Å². The third-order valence-corrected chi connectivity index (χ3v) is 4.77. The van der Waals surface area contributed by atoms with Crippen LogP contribution in [0.2, 0.25) is 0 Å². The Hall–Kier alpha value is -2.82. The van der Waals surface area contributed by atoms with Crippen LogP contribution in [0.1, 0.15) is 48.5 Å². The van der Waals surface area contributed by atoms with Gasteiger partial charge in [0.05, 0.1) is 0 Å². The van der Waals surface area contributed by atoms with Crippen LogP contribution < -0.4 is 10.6 Å². The van der Waals surface area contributed by atoms with Gasteiger partial charge in [-0.1, -0.05) is 30.3 Å². The predicted octanol–water partition coefficient (Wildman–Crippen LogP) is 4.24. The molecule has 1 aliphatic rings. The van der Waals surface area contributed by atoms with Crippen molar-refractivity contribution in [3.8, 4) is 0 Å². The Labute approximate surface area is 160 Å². The van der Waals surface area contributed by atoms with Crippen molar-refractivity contribution in [2.45, 2.75) is 38.6 Å². The van der Waals surface area contributed by atoms with Crippen molar-refractivity contribution in [3.63, 3.8) is 0 Å². The van der Waals surface area contributed by atoms with Crippen LogP contribution in [0.5, 0.6) is 0 Å². The fourth-order valence-electron chi connectivity index (χ4n) is 3.44. The minimum atomic E-state index is -0.0698. The number of amides is 3. The molecule has 0 bridgehead atoms. The third-order valence-electron chi connectivity index (χ3n) is 4.77. The molecule has 0 aliphatic carbocycles. The smallest absolute Gasteiger partial charge is 0.321 e. The highest BCUT2D eigenvalue weighted by atomic mass is 16.2. The maximum absolute atomic E-state index is 12.6. The number of hydrogen-bond acceptors (Lipinski definition) is 2. The van der Waals surface area contributed by atoms with Crippen molar-refractivity contribution < 1.29 is 9.59 Å². The molecule has 1 fully saturated rings. The summed E-state index contributed by atoms with van der Waals surface area (Å²) >= 11 is 0. The molecule has 5 nitrogen and oxygen atoms in total. The van der Waals surface area contributed by atoms with Gasteiger partial charge in [-0.25, -0.2) is 4.79 Å². The summed E-state index contributed by atoms with van der Waals surface area (Å²) in [5.41, 5.74) is 2.59. The summed E-state index contributed by atoms with van der Waals surface area (Å²) in [4.78, 5) is 26.7. The first-order valence-electron chi connectivity index (χ1n) is 9.54. The second kappa shape index (κ2) is 8.71. The Balaban J connectivity index is 1.67. The molecule has 2 N–H and O–H groups in total. The summed E-state index contributed by atoms with van der Waals surface area (Å²) in [6.45, 7) is 5.31. The topological polar surface area (TPSA) is 61.4 Å². The number of nitrogens with zero attached hydrogens (tertiary/aromatic N) is 1. The molecule has 0 unspecified atom stereocenters. The summed E-state index contributed by atoms with van der Waals surface area (Å²) in [5, 5.41) is 5.89. The molecule has 142 valence electrons. The van der Waals surface area contributed by atoms with Gasteiger partial charge >= 0.3 is 6.03 Å². The first-order valence-corrected chi connectivity index (χ1v) is 9.54. The van der Waals surface area contributed by atoms with E-state index in [-0.39, 0.29) is 23.9 Å². The maximum atomic E-state index is 12.6. The number of piperidine rings is 1. The van der Waals surface area contributed by atoms with E-state index in [1.54, 1.807) is 0 Å². The second-order valence-corrected chi connectivity index (χ2v) is 7.33. The highest BCUT2D eigenvalue weighted by Gasteiger charge is 2.25. The first kappa shape index (κ1) is 19.0. The van der Waals surface area contributed by atoms with E-state index in [4.69, 9.17) is 0 Å². The van der Waals surface area contributed by atoms with E-state index in [9.17, 15) is 9.59 Å². The van der Waals surface area contributed by atoms with Gasteiger partial charge in [0, 0.05) is 36.3 Å². The van der Waals surface area contributed by atoms with Gasteiger partial charge in [-0.2, -0.15) is 0 Å². The number of urea groups is 1.